The van der Waals surface area contributed by atoms with E-state index in [4.69, 9.17) is 5.26 Å². The summed E-state index contributed by atoms with van der Waals surface area (Å²) in [4.78, 5) is 0. The number of aryl methyl sites for hydroxylation is 2. The molecular weight excluding hydrogens is 146 g/mol. The van der Waals surface area contributed by atoms with Crippen molar-refractivity contribution in [2.75, 3.05) is 0 Å². The maximum atomic E-state index is 8.33. The Bertz CT molecular complexity index is 369. The molecule has 1 heteroatoms. The van der Waals surface area contributed by atoms with E-state index in [9.17, 15) is 0 Å². The van der Waals surface area contributed by atoms with Gasteiger partial charge in [0.1, 0.15) is 0 Å². The van der Waals surface area contributed by atoms with Crippen LogP contribution in [-0.2, 0) is 12.8 Å². The van der Waals surface area contributed by atoms with Crippen molar-refractivity contribution in [1.82, 2.24) is 0 Å². The van der Waals surface area contributed by atoms with Crippen LogP contribution in [0.3, 0.4) is 0 Å². The third kappa shape index (κ3) is 1.12. The summed E-state index contributed by atoms with van der Waals surface area (Å²) < 4.78 is 0. The van der Waals surface area contributed by atoms with Crippen molar-refractivity contribution in [3.8, 4) is 6.07 Å². The Morgan fingerprint density at radius 1 is 1.25 bits per heavy atom. The van der Waals surface area contributed by atoms with Crippen molar-refractivity contribution in [3.05, 3.63) is 41.0 Å². The summed E-state index contributed by atoms with van der Waals surface area (Å²) in [5, 5.41) is 8.33. The standard InChI is InChI=1S/C11H9N/c12-7-1-2-9-3-4-10-5-6-11(10)8-9/h1-4,8H,5-6H2. The van der Waals surface area contributed by atoms with Gasteiger partial charge in [0.05, 0.1) is 6.07 Å². The molecule has 1 aromatic rings. The van der Waals surface area contributed by atoms with Crippen LogP contribution in [0, 0.1) is 11.3 Å². The van der Waals surface area contributed by atoms with Gasteiger partial charge in [0, 0.05) is 6.08 Å². The van der Waals surface area contributed by atoms with Crippen LogP contribution in [0.1, 0.15) is 16.7 Å². The highest BCUT2D eigenvalue weighted by molar-refractivity contribution is 5.55. The van der Waals surface area contributed by atoms with Crippen LogP contribution in [0.5, 0.6) is 0 Å². The molecule has 2 rings (SSSR count). The number of hydrogen-bond donors (Lipinski definition) is 0. The van der Waals surface area contributed by atoms with Crippen molar-refractivity contribution in [1.29, 1.82) is 5.26 Å². The molecule has 0 fully saturated rings. The highest BCUT2D eigenvalue weighted by Gasteiger charge is 2.11. The zero-order valence-electron chi connectivity index (χ0n) is 6.75. The molecule has 0 amide bonds. The molecular formula is C11H9N. The van der Waals surface area contributed by atoms with Crippen LogP contribution in [0.2, 0.25) is 0 Å². The molecule has 12 heavy (non-hydrogen) atoms. The van der Waals surface area contributed by atoms with Crippen molar-refractivity contribution >= 4 is 6.08 Å². The Balaban J connectivity index is 2.30. The number of benzene rings is 1. The summed E-state index contributed by atoms with van der Waals surface area (Å²) in [5.74, 6) is 0. The molecule has 0 unspecified atom stereocenters. The smallest absolute Gasteiger partial charge is 0.0912 e. The number of nitriles is 1. The van der Waals surface area contributed by atoms with Gasteiger partial charge in [-0.15, -0.1) is 0 Å². The Labute approximate surface area is 72.0 Å². The highest BCUT2D eigenvalue weighted by Crippen LogP contribution is 2.23. The number of hydrogen-bond acceptors (Lipinski definition) is 1. The van der Waals surface area contributed by atoms with Gasteiger partial charge in [0.15, 0.2) is 0 Å². The molecule has 1 aliphatic rings. The monoisotopic (exact) mass is 155 g/mol. The molecule has 0 radical (unpaired) electrons. The second kappa shape index (κ2) is 2.83. The maximum absolute atomic E-state index is 8.33. The van der Waals surface area contributed by atoms with E-state index in [1.54, 1.807) is 0 Å². The summed E-state index contributed by atoms with van der Waals surface area (Å²) in [7, 11) is 0. The Hall–Kier alpha value is -1.55. The van der Waals surface area contributed by atoms with Crippen molar-refractivity contribution in [2.45, 2.75) is 12.8 Å². The van der Waals surface area contributed by atoms with Crippen LogP contribution in [-0.4, -0.2) is 0 Å². The largest absolute Gasteiger partial charge is 0.193 e. The lowest BCUT2D eigenvalue weighted by molar-refractivity contribution is 0.839. The molecule has 0 N–H and O–H groups in total. The molecule has 0 atom stereocenters. The van der Waals surface area contributed by atoms with E-state index < -0.39 is 0 Å². The van der Waals surface area contributed by atoms with Crippen LogP contribution in [0.15, 0.2) is 24.3 Å². The Morgan fingerprint density at radius 2 is 2.08 bits per heavy atom. The molecule has 0 aromatic heterocycles. The fraction of sp³-hybridized carbons (Fsp3) is 0.182. The van der Waals surface area contributed by atoms with Gasteiger partial charge in [-0.05, 0) is 35.6 Å². The van der Waals surface area contributed by atoms with Crippen LogP contribution >= 0.6 is 0 Å². The number of rotatable bonds is 1. The minimum Gasteiger partial charge on any atom is -0.193 e. The number of fused-ring (bicyclic) bond motifs is 1. The van der Waals surface area contributed by atoms with Crippen molar-refractivity contribution in [2.24, 2.45) is 0 Å². The minimum atomic E-state index is 1.13. The van der Waals surface area contributed by atoms with E-state index in [1.165, 1.54) is 30.0 Å². The highest BCUT2D eigenvalue weighted by atomic mass is 14.2. The maximum Gasteiger partial charge on any atom is 0.0912 e. The molecule has 0 spiro atoms. The van der Waals surface area contributed by atoms with Gasteiger partial charge in [0.2, 0.25) is 0 Å². The van der Waals surface area contributed by atoms with Crippen molar-refractivity contribution < 1.29 is 0 Å². The van der Waals surface area contributed by atoms with Gasteiger partial charge in [-0.3, -0.25) is 0 Å². The zero-order chi connectivity index (χ0) is 8.39. The fourth-order valence-electron chi connectivity index (χ4n) is 1.45. The molecule has 58 valence electrons. The normalized spacial score (nSPS) is 13.6. The van der Waals surface area contributed by atoms with Crippen LogP contribution in [0.4, 0.5) is 0 Å². The van der Waals surface area contributed by atoms with Gasteiger partial charge in [-0.1, -0.05) is 18.2 Å². The lowest BCUT2D eigenvalue weighted by Crippen LogP contribution is -2.07. The van der Waals surface area contributed by atoms with Gasteiger partial charge in [0.25, 0.3) is 0 Å². The zero-order valence-corrected chi connectivity index (χ0v) is 6.75. The van der Waals surface area contributed by atoms with Gasteiger partial charge >= 0.3 is 0 Å². The first kappa shape index (κ1) is 7.12. The second-order valence-electron chi connectivity index (χ2n) is 2.99. The molecule has 1 aliphatic carbocycles. The lowest BCUT2D eigenvalue weighted by Gasteiger charge is -2.18. The van der Waals surface area contributed by atoms with Gasteiger partial charge in [-0.2, -0.15) is 5.26 Å². The van der Waals surface area contributed by atoms with E-state index in [1.807, 2.05) is 12.1 Å². The summed E-state index contributed by atoms with van der Waals surface area (Å²) in [6, 6.07) is 8.36. The van der Waals surface area contributed by atoms with Crippen LogP contribution in [0.25, 0.3) is 6.08 Å². The van der Waals surface area contributed by atoms with Crippen molar-refractivity contribution in [3.63, 3.8) is 0 Å². The fourth-order valence-corrected chi connectivity index (χ4v) is 1.45. The first-order valence-corrected chi connectivity index (χ1v) is 4.08. The van der Waals surface area contributed by atoms with E-state index >= 15 is 0 Å². The average Bonchev–Trinajstić information content (AvgIpc) is 2.05. The number of allylic oxidation sites excluding steroid dienone is 1. The molecule has 0 aliphatic heterocycles. The third-order valence-corrected chi connectivity index (χ3v) is 2.24. The summed E-state index contributed by atoms with van der Waals surface area (Å²) >= 11 is 0. The second-order valence-corrected chi connectivity index (χ2v) is 2.99. The minimum absolute atomic E-state index is 1.13. The molecule has 0 saturated heterocycles. The van der Waals surface area contributed by atoms with Gasteiger partial charge < -0.3 is 0 Å². The van der Waals surface area contributed by atoms with Crippen LogP contribution < -0.4 is 0 Å². The molecule has 0 bridgehead atoms. The van der Waals surface area contributed by atoms with E-state index in [2.05, 4.69) is 18.2 Å². The molecule has 1 nitrogen and oxygen atoms in total. The Morgan fingerprint density at radius 3 is 2.67 bits per heavy atom. The summed E-state index contributed by atoms with van der Waals surface area (Å²) in [6.07, 6.45) is 5.78. The topological polar surface area (TPSA) is 23.8 Å². The van der Waals surface area contributed by atoms with E-state index in [0.717, 1.165) is 5.56 Å². The molecule has 0 saturated carbocycles. The SMILES string of the molecule is N#CC=Cc1ccc2c(c1)CC2. The average molecular weight is 155 g/mol. The number of nitrogens with zero attached hydrogens (tertiary/aromatic N) is 1. The first-order valence-electron chi connectivity index (χ1n) is 4.08. The summed E-state index contributed by atoms with van der Waals surface area (Å²) in [5.41, 5.74) is 4.04. The predicted molar refractivity (Wildman–Crippen MR) is 48.5 cm³/mol. The van der Waals surface area contributed by atoms with E-state index in [-0.39, 0.29) is 0 Å². The lowest BCUT2D eigenvalue weighted by atomic mass is 9.87. The molecule has 1 aromatic carbocycles. The summed E-state index contributed by atoms with van der Waals surface area (Å²) in [6.45, 7) is 0. The first-order chi connectivity index (χ1) is 5.90. The third-order valence-electron chi connectivity index (χ3n) is 2.24. The van der Waals surface area contributed by atoms with Gasteiger partial charge in [-0.25, -0.2) is 0 Å². The van der Waals surface area contributed by atoms with E-state index in [0.29, 0.717) is 0 Å². The quantitative estimate of drug-likeness (QED) is 0.571. The predicted octanol–water partition coefficient (Wildman–Crippen LogP) is 2.32. The molecule has 0 heterocycles. The Kier molecular flexibility index (Phi) is 1.68.